The predicted octanol–water partition coefficient (Wildman–Crippen LogP) is 10.3. The Morgan fingerprint density at radius 2 is 1.21 bits per heavy atom. The highest BCUT2D eigenvalue weighted by Gasteiger charge is 2.12. The van der Waals surface area contributed by atoms with Gasteiger partial charge in [-0.2, -0.15) is 0 Å². The van der Waals surface area contributed by atoms with E-state index in [9.17, 15) is 0 Å². The van der Waals surface area contributed by atoms with E-state index in [-0.39, 0.29) is 0 Å². The van der Waals surface area contributed by atoms with Gasteiger partial charge in [0.05, 0.1) is 0 Å². The molecule has 0 unspecified atom stereocenters. The standard InChI is InChI=1S/C37H31N/c1-3-14-29-17-8-5-6-11-24-38-37-23-22-34(27-36(37)35(29)4-2)33-21-13-20-32(26-33)31-19-12-18-30(25-31)28-15-9-7-10-16-28/h3-27,38H,2H2,1H3/b6-5-,14-3-,17-8-,24-11+,35-29-. The van der Waals surface area contributed by atoms with E-state index in [1.54, 1.807) is 0 Å². The molecule has 0 atom stereocenters. The Kier molecular flexibility index (Phi) is 7.77. The van der Waals surface area contributed by atoms with Gasteiger partial charge in [0.1, 0.15) is 0 Å². The molecule has 184 valence electrons. The molecule has 0 spiro atoms. The van der Waals surface area contributed by atoms with Crippen molar-refractivity contribution in [1.82, 2.24) is 0 Å². The van der Waals surface area contributed by atoms with Gasteiger partial charge in [0.15, 0.2) is 0 Å². The molecule has 0 radical (unpaired) electrons. The van der Waals surface area contributed by atoms with Gasteiger partial charge in [-0.1, -0.05) is 122 Å². The average molecular weight is 490 g/mol. The second kappa shape index (κ2) is 11.9. The Bertz CT molecular complexity index is 1590. The lowest BCUT2D eigenvalue weighted by Crippen LogP contribution is -1.96. The van der Waals surface area contributed by atoms with E-state index in [2.05, 4.69) is 133 Å². The molecule has 1 aliphatic heterocycles. The van der Waals surface area contributed by atoms with Crippen LogP contribution in [0.1, 0.15) is 12.5 Å². The van der Waals surface area contributed by atoms with E-state index in [1.807, 2.05) is 37.4 Å². The Balaban J connectivity index is 1.59. The van der Waals surface area contributed by atoms with E-state index >= 15 is 0 Å². The molecule has 0 aliphatic carbocycles. The topological polar surface area (TPSA) is 12.0 Å². The number of rotatable bonds is 5. The van der Waals surface area contributed by atoms with Crippen LogP contribution in [0, 0.1) is 0 Å². The Labute approximate surface area is 226 Å². The highest BCUT2D eigenvalue weighted by molar-refractivity contribution is 5.89. The summed E-state index contributed by atoms with van der Waals surface area (Å²) >= 11 is 0. The maximum atomic E-state index is 4.17. The molecule has 0 amide bonds. The molecule has 1 aliphatic rings. The van der Waals surface area contributed by atoms with E-state index in [1.165, 1.54) is 27.8 Å². The summed E-state index contributed by atoms with van der Waals surface area (Å²) in [6.07, 6.45) is 18.3. The Morgan fingerprint density at radius 3 is 1.87 bits per heavy atom. The van der Waals surface area contributed by atoms with Crippen LogP contribution in [0.25, 0.3) is 39.0 Å². The number of anilines is 1. The lowest BCUT2D eigenvalue weighted by Gasteiger charge is -2.15. The van der Waals surface area contributed by atoms with Gasteiger partial charge in [-0.15, -0.1) is 0 Å². The molecule has 1 nitrogen and oxygen atoms in total. The van der Waals surface area contributed by atoms with Gasteiger partial charge in [-0.3, -0.25) is 0 Å². The van der Waals surface area contributed by atoms with Gasteiger partial charge in [0, 0.05) is 17.5 Å². The molecule has 5 rings (SSSR count). The van der Waals surface area contributed by atoms with Crippen LogP contribution in [0.3, 0.4) is 0 Å². The Hall–Kier alpha value is -4.88. The van der Waals surface area contributed by atoms with Crippen LogP contribution in [0.15, 0.2) is 164 Å². The summed E-state index contributed by atoms with van der Waals surface area (Å²) in [6.45, 7) is 6.21. The van der Waals surface area contributed by atoms with E-state index in [0.29, 0.717) is 0 Å². The van der Waals surface area contributed by atoms with Crippen LogP contribution in [-0.4, -0.2) is 0 Å². The van der Waals surface area contributed by atoms with Crippen molar-refractivity contribution >= 4 is 11.3 Å². The molecule has 0 saturated carbocycles. The third kappa shape index (κ3) is 5.58. The summed E-state index contributed by atoms with van der Waals surface area (Å²) in [5.41, 5.74) is 11.5. The zero-order valence-corrected chi connectivity index (χ0v) is 21.6. The fraction of sp³-hybridized carbons (Fsp3) is 0.0270. The van der Waals surface area contributed by atoms with Crippen LogP contribution >= 0.6 is 0 Å². The molecule has 0 fully saturated rings. The summed E-state index contributed by atoms with van der Waals surface area (Å²) in [5, 5.41) is 3.46. The monoisotopic (exact) mass is 489 g/mol. The van der Waals surface area contributed by atoms with Crippen molar-refractivity contribution in [2.24, 2.45) is 0 Å². The van der Waals surface area contributed by atoms with E-state index < -0.39 is 0 Å². The number of hydrogen-bond acceptors (Lipinski definition) is 1. The van der Waals surface area contributed by atoms with Crippen LogP contribution in [0.5, 0.6) is 0 Å². The van der Waals surface area contributed by atoms with Gasteiger partial charge in [0.2, 0.25) is 0 Å². The van der Waals surface area contributed by atoms with E-state index in [4.69, 9.17) is 0 Å². The van der Waals surface area contributed by atoms with Crippen LogP contribution in [0.2, 0.25) is 0 Å². The largest absolute Gasteiger partial charge is 0.361 e. The summed E-state index contributed by atoms with van der Waals surface area (Å²) < 4.78 is 0. The minimum absolute atomic E-state index is 1.04. The molecular formula is C37H31N. The van der Waals surface area contributed by atoms with Crippen molar-refractivity contribution in [1.29, 1.82) is 0 Å². The second-order valence-electron chi connectivity index (χ2n) is 9.11. The molecular weight excluding hydrogens is 458 g/mol. The first-order valence-electron chi connectivity index (χ1n) is 12.9. The molecule has 0 bridgehead atoms. The third-order valence-corrected chi connectivity index (χ3v) is 6.61. The first kappa shape index (κ1) is 24.8. The van der Waals surface area contributed by atoms with Crippen LogP contribution in [0.4, 0.5) is 5.69 Å². The van der Waals surface area contributed by atoms with Gasteiger partial charge in [0.25, 0.3) is 0 Å². The van der Waals surface area contributed by atoms with Gasteiger partial charge in [-0.25, -0.2) is 0 Å². The smallest absolute Gasteiger partial charge is 0.0460 e. The minimum atomic E-state index is 1.04. The fourth-order valence-corrected chi connectivity index (χ4v) is 4.74. The molecule has 0 aromatic heterocycles. The maximum absolute atomic E-state index is 4.17. The highest BCUT2D eigenvalue weighted by Crippen LogP contribution is 2.35. The molecule has 1 N–H and O–H groups in total. The minimum Gasteiger partial charge on any atom is -0.361 e. The number of benzene rings is 4. The molecule has 0 saturated heterocycles. The van der Waals surface area contributed by atoms with Crippen molar-refractivity contribution in [3.8, 4) is 33.4 Å². The number of allylic oxidation sites excluding steroid dienone is 10. The lowest BCUT2D eigenvalue weighted by molar-refractivity contribution is 1.50. The normalized spacial score (nSPS) is 17.6. The number of fused-ring (bicyclic) bond motifs is 1. The molecule has 38 heavy (non-hydrogen) atoms. The molecule has 1 heterocycles. The lowest BCUT2D eigenvalue weighted by atomic mass is 9.92. The van der Waals surface area contributed by atoms with Crippen molar-refractivity contribution in [2.75, 3.05) is 5.32 Å². The molecule has 4 aromatic rings. The van der Waals surface area contributed by atoms with Crippen molar-refractivity contribution in [2.45, 2.75) is 6.92 Å². The maximum Gasteiger partial charge on any atom is 0.0460 e. The summed E-state index contributed by atoms with van der Waals surface area (Å²) in [4.78, 5) is 0. The number of nitrogens with one attached hydrogen (secondary N) is 1. The van der Waals surface area contributed by atoms with Crippen LogP contribution in [-0.2, 0) is 0 Å². The van der Waals surface area contributed by atoms with Gasteiger partial charge < -0.3 is 5.32 Å². The SMILES string of the molecule is C=C/C1=C(\C=C/C)/C=C\C=C/C=C/Nc2ccc(-c3cccc(-c4cccc(-c5ccccc5)c4)c3)cc21. The first-order chi connectivity index (χ1) is 18.8. The number of hydrogen-bond donors (Lipinski definition) is 1. The predicted molar refractivity (Wildman–Crippen MR) is 166 cm³/mol. The summed E-state index contributed by atoms with van der Waals surface area (Å²) in [6, 6.07) is 34.6. The quantitative estimate of drug-likeness (QED) is 0.294. The fourth-order valence-electron chi connectivity index (χ4n) is 4.74. The molecule has 4 aromatic carbocycles. The second-order valence-corrected chi connectivity index (χ2v) is 9.11. The average Bonchev–Trinajstić information content (AvgIpc) is 3.01. The van der Waals surface area contributed by atoms with Crippen molar-refractivity contribution in [3.05, 3.63) is 170 Å². The van der Waals surface area contributed by atoms with Gasteiger partial charge in [-0.05, 0) is 81.8 Å². The molecule has 1 heteroatoms. The Morgan fingerprint density at radius 1 is 0.605 bits per heavy atom. The summed E-state index contributed by atoms with van der Waals surface area (Å²) in [5.74, 6) is 0. The highest BCUT2D eigenvalue weighted by atomic mass is 14.8. The van der Waals surface area contributed by atoms with Crippen molar-refractivity contribution < 1.29 is 0 Å². The van der Waals surface area contributed by atoms with Crippen LogP contribution < -0.4 is 5.32 Å². The zero-order valence-electron chi connectivity index (χ0n) is 21.6. The first-order valence-corrected chi connectivity index (χ1v) is 12.9. The van der Waals surface area contributed by atoms with Gasteiger partial charge >= 0.3 is 0 Å². The summed E-state index contributed by atoms with van der Waals surface area (Å²) in [7, 11) is 0. The van der Waals surface area contributed by atoms with Crippen molar-refractivity contribution in [3.63, 3.8) is 0 Å². The van der Waals surface area contributed by atoms with E-state index in [0.717, 1.165) is 28.0 Å². The third-order valence-electron chi connectivity index (χ3n) is 6.61. The zero-order chi connectivity index (χ0) is 26.2.